The first-order valence-corrected chi connectivity index (χ1v) is 13.9. The van der Waals surface area contributed by atoms with Gasteiger partial charge in [-0.25, -0.2) is 9.98 Å². The molecule has 4 aliphatic rings. The third-order valence-corrected chi connectivity index (χ3v) is 7.93. The van der Waals surface area contributed by atoms with E-state index in [0.29, 0.717) is 45.4 Å². The second kappa shape index (κ2) is 10.7. The molecule has 0 atom stereocenters. The smallest absolute Gasteiger partial charge is 0.875 e. The summed E-state index contributed by atoms with van der Waals surface area (Å²) in [6, 6.07) is 6.20. The maximum atomic E-state index is 12.9. The number of carbonyl (C=O) groups excluding carboxylic acids is 1. The fourth-order valence-corrected chi connectivity index (χ4v) is 6.07. The molecule has 42 heavy (non-hydrogen) atoms. The van der Waals surface area contributed by atoms with Crippen molar-refractivity contribution >= 4 is 40.3 Å². The van der Waals surface area contributed by atoms with E-state index in [0.717, 1.165) is 39.4 Å². The Kier molecular flexibility index (Phi) is 7.53. The molecule has 0 aliphatic carbocycles. The molecule has 1 aromatic heterocycles. The van der Waals surface area contributed by atoms with E-state index in [1.807, 2.05) is 42.5 Å². The van der Waals surface area contributed by atoms with Crippen LogP contribution in [0.5, 0.6) is 0 Å². The Labute approximate surface area is 258 Å². The minimum atomic E-state index is -0.250. The van der Waals surface area contributed by atoms with Crippen LogP contribution >= 0.6 is 0 Å². The summed E-state index contributed by atoms with van der Waals surface area (Å²) in [7, 11) is 0. The summed E-state index contributed by atoms with van der Waals surface area (Å²) in [5.74, 6) is -0.0999. The van der Waals surface area contributed by atoms with Gasteiger partial charge in [0.2, 0.25) is 0 Å². The first-order chi connectivity index (χ1) is 19.4. The first-order valence-electron chi connectivity index (χ1n) is 13.9. The van der Waals surface area contributed by atoms with E-state index in [9.17, 15) is 9.90 Å². The molecule has 6 nitrogen and oxygen atoms in total. The Morgan fingerprint density at radius 1 is 0.905 bits per heavy atom. The number of aromatic nitrogens is 1. The number of hydrogen-bond acceptors (Lipinski definition) is 5. The normalized spacial score (nSPS) is 19.2. The molecule has 4 aliphatic heterocycles. The molecule has 0 saturated carbocycles. The molecule has 0 saturated heterocycles. The number of allylic oxidation sites excluding steroid dienone is 7. The average molecular weight is 606 g/mol. The molecule has 8 bridgehead atoms. The van der Waals surface area contributed by atoms with Crippen LogP contribution in [0.1, 0.15) is 62.1 Å². The van der Waals surface area contributed by atoms with Gasteiger partial charge in [0.15, 0.2) is 5.78 Å². The van der Waals surface area contributed by atoms with Gasteiger partial charge in [0.25, 0.3) is 0 Å². The van der Waals surface area contributed by atoms with E-state index < -0.39 is 0 Å². The van der Waals surface area contributed by atoms with Gasteiger partial charge in [0.1, 0.15) is 0 Å². The van der Waals surface area contributed by atoms with Crippen LogP contribution in [0.15, 0.2) is 86.2 Å². The van der Waals surface area contributed by atoms with E-state index in [2.05, 4.69) is 46.8 Å². The molecule has 0 radical (unpaired) electrons. The zero-order chi connectivity index (χ0) is 29.2. The molecule has 6 rings (SSSR count). The van der Waals surface area contributed by atoms with Crippen LogP contribution in [0.25, 0.3) is 17.4 Å². The molecular weight excluding hydrogens is 574 g/mol. The zero-order valence-corrected chi connectivity index (χ0v) is 28.2. The second-order valence-electron chi connectivity index (χ2n) is 11.9. The van der Waals surface area contributed by atoms with E-state index in [4.69, 9.17) is 20.0 Å². The van der Waals surface area contributed by atoms with Gasteiger partial charge < -0.3 is 10.1 Å². The van der Waals surface area contributed by atoms with Crippen LogP contribution in [-0.4, -0.2) is 22.9 Å². The van der Waals surface area contributed by atoms with E-state index >= 15 is 0 Å². The van der Waals surface area contributed by atoms with Crippen LogP contribution < -0.4 is 20.7 Å². The molecular formula is C35H32N4O2Zn. The van der Waals surface area contributed by atoms with Crippen molar-refractivity contribution in [1.82, 2.24) is 4.98 Å². The van der Waals surface area contributed by atoms with Crippen LogP contribution in [0.3, 0.4) is 0 Å². The number of Topliss-reactive ketones (excluding diaryl/α,β-unsaturated/α-hetero) is 1. The van der Waals surface area contributed by atoms with Gasteiger partial charge in [0.05, 0.1) is 22.8 Å². The number of nitrogens with zero attached hydrogens (tertiary/aromatic N) is 4. The van der Waals surface area contributed by atoms with Gasteiger partial charge in [-0.2, -0.15) is 0 Å². The molecule has 7 heteroatoms. The third kappa shape index (κ3) is 5.22. The van der Waals surface area contributed by atoms with Crippen molar-refractivity contribution in [1.29, 1.82) is 0 Å². The summed E-state index contributed by atoms with van der Waals surface area (Å²) in [6.45, 7) is 13.7. The third-order valence-electron chi connectivity index (χ3n) is 7.93. The summed E-state index contributed by atoms with van der Waals surface area (Å²) < 4.78 is 0. The summed E-state index contributed by atoms with van der Waals surface area (Å²) in [4.78, 5) is 32.4. The number of rotatable bonds is 2. The Morgan fingerprint density at radius 3 is 2.29 bits per heavy atom. The quantitative estimate of drug-likeness (QED) is 0.480. The number of hydrogen-bond donors (Lipinski definition) is 0. The zero-order valence-electron chi connectivity index (χ0n) is 25.2. The Balaban J connectivity index is 0.00000353. The van der Waals surface area contributed by atoms with Gasteiger partial charge in [-0.1, -0.05) is 55.8 Å². The molecule has 5 heterocycles. The predicted octanol–water partition coefficient (Wildman–Crippen LogP) is 4.23. The van der Waals surface area contributed by atoms with E-state index in [-0.39, 0.29) is 36.4 Å². The molecule has 0 unspecified atom stereocenters. The van der Waals surface area contributed by atoms with Crippen LogP contribution in [-0.2, 0) is 24.3 Å². The number of fused-ring (bicyclic) bond motifs is 5. The fourth-order valence-electron chi connectivity index (χ4n) is 6.07. The SMILES string of the molecule is CC(=O)C1=CC2=NC1=CC1=NC(=C(c3c(C)cc(C)cc3C)c3c/c(=C(\C)[O-])c([n-]3)=CC3=NC(=C2)C(C)(C)C3)C=C1.[Zn+2]. The van der Waals surface area contributed by atoms with Crippen molar-refractivity contribution in [2.75, 3.05) is 0 Å². The van der Waals surface area contributed by atoms with Crippen molar-refractivity contribution in [3.8, 4) is 0 Å². The maximum Gasteiger partial charge on any atom is 2.00 e. The number of ketones is 1. The van der Waals surface area contributed by atoms with Crippen molar-refractivity contribution in [2.45, 2.75) is 54.9 Å². The minimum Gasteiger partial charge on any atom is -0.875 e. The van der Waals surface area contributed by atoms with Gasteiger partial charge in [-0.05, 0) is 80.3 Å². The summed E-state index contributed by atoms with van der Waals surface area (Å²) in [6.07, 6.45) is 12.2. The Morgan fingerprint density at radius 2 is 1.62 bits per heavy atom. The molecule has 0 spiro atoms. The van der Waals surface area contributed by atoms with Crippen LogP contribution in [0.2, 0.25) is 0 Å². The minimum absolute atomic E-state index is 0. The van der Waals surface area contributed by atoms with Gasteiger partial charge >= 0.3 is 19.5 Å². The number of carbonyl (C=O) groups is 1. The van der Waals surface area contributed by atoms with Crippen molar-refractivity contribution < 1.29 is 29.4 Å². The Hall–Kier alpha value is -3.96. The molecule has 0 amide bonds. The summed E-state index contributed by atoms with van der Waals surface area (Å²) in [5.41, 5.74) is 10.7. The molecule has 0 N–H and O–H groups in total. The molecule has 1 aromatic carbocycles. The monoisotopic (exact) mass is 604 g/mol. The summed E-state index contributed by atoms with van der Waals surface area (Å²) in [5, 5.41) is 14.0. The van der Waals surface area contributed by atoms with Crippen molar-refractivity contribution in [3.63, 3.8) is 0 Å². The van der Waals surface area contributed by atoms with Crippen LogP contribution in [0.4, 0.5) is 0 Å². The van der Waals surface area contributed by atoms with E-state index in [1.54, 1.807) is 13.8 Å². The topological polar surface area (TPSA) is 91.3 Å². The van der Waals surface area contributed by atoms with Crippen molar-refractivity contribution in [3.05, 3.63) is 110 Å². The van der Waals surface area contributed by atoms with Crippen molar-refractivity contribution in [2.24, 2.45) is 20.4 Å². The molecule has 206 valence electrons. The first kappa shape index (κ1) is 29.5. The standard InChI is InChI=1S/C35H34N4O2.Zn/c1-18-10-19(2)33(20(3)11-18)34-28-9-8-23(36-28)13-29-26(21(4)40)12-24(37-29)15-32-35(6,7)17-25(38-32)14-30-27(22(5)41)16-31(34)39-30;/h8-16H,17H2,1-7H3,(H2,36,37,38,39,40,41);/q;+2/p-2. The second-order valence-corrected chi connectivity index (χ2v) is 11.9. The van der Waals surface area contributed by atoms with E-state index in [1.165, 1.54) is 5.56 Å². The van der Waals surface area contributed by atoms with Gasteiger partial charge in [-0.15, -0.1) is 16.8 Å². The largest absolute Gasteiger partial charge is 2.00 e. The number of aryl methyl sites for hydroxylation is 3. The fraction of sp³-hybridized carbons (Fsp3) is 0.257. The number of benzene rings is 1. The summed E-state index contributed by atoms with van der Waals surface area (Å²) >= 11 is 0. The average Bonchev–Trinajstić information content (AvgIpc) is 3.63. The number of aliphatic imine (C=N–C) groups is 3. The van der Waals surface area contributed by atoms with Gasteiger partial charge in [0, 0.05) is 28.8 Å². The predicted molar refractivity (Wildman–Crippen MR) is 164 cm³/mol. The van der Waals surface area contributed by atoms with Gasteiger partial charge in [-0.3, -0.25) is 9.79 Å². The Bertz CT molecular complexity index is 1930. The molecule has 2 aromatic rings. The van der Waals surface area contributed by atoms with Crippen LogP contribution in [0, 0.1) is 26.2 Å². The molecule has 0 fully saturated rings. The maximum absolute atomic E-state index is 12.9.